The van der Waals surface area contributed by atoms with Crippen LogP contribution in [0, 0.1) is 0 Å². The van der Waals surface area contributed by atoms with Crippen LogP contribution in [0.25, 0.3) is 0 Å². The first-order chi connectivity index (χ1) is 7.93. The van der Waals surface area contributed by atoms with Crippen molar-refractivity contribution < 1.29 is 0 Å². The van der Waals surface area contributed by atoms with Gasteiger partial charge in [0, 0.05) is 12.3 Å². The second-order valence-electron chi connectivity index (χ2n) is 4.70. The maximum atomic E-state index is 4.88. The summed E-state index contributed by atoms with van der Waals surface area (Å²) in [6, 6.07) is 9.99. The second-order valence-corrected chi connectivity index (χ2v) is 5.77. The van der Waals surface area contributed by atoms with Crippen LogP contribution in [-0.2, 0) is 6.42 Å². The molecule has 2 atom stereocenters. The maximum Gasteiger partial charge on any atom is 0.160 e. The molecule has 0 amide bonds. The van der Waals surface area contributed by atoms with Crippen LogP contribution in [0.15, 0.2) is 29.3 Å². The first kappa shape index (κ1) is 9.11. The summed E-state index contributed by atoms with van der Waals surface area (Å²) < 4.78 is 0. The molecule has 1 aromatic carbocycles. The van der Waals surface area contributed by atoms with Gasteiger partial charge in [-0.1, -0.05) is 36.0 Å². The molecule has 16 heavy (non-hydrogen) atoms. The van der Waals surface area contributed by atoms with Crippen LogP contribution in [0.3, 0.4) is 0 Å². The summed E-state index contributed by atoms with van der Waals surface area (Å²) in [5, 5.41) is 1.30. The number of benzene rings is 1. The van der Waals surface area contributed by atoms with Crippen LogP contribution >= 0.6 is 11.8 Å². The molecule has 2 nitrogen and oxygen atoms in total. The lowest BCUT2D eigenvalue weighted by Gasteiger charge is -2.32. The van der Waals surface area contributed by atoms with E-state index < -0.39 is 0 Å². The summed E-state index contributed by atoms with van der Waals surface area (Å²) in [5.41, 5.74) is 3.07. The highest BCUT2D eigenvalue weighted by Crippen LogP contribution is 2.44. The molecule has 0 aromatic heterocycles. The monoisotopic (exact) mass is 230 g/mol. The third kappa shape index (κ3) is 1.12. The van der Waals surface area contributed by atoms with E-state index in [1.54, 1.807) is 0 Å². The van der Waals surface area contributed by atoms with Gasteiger partial charge in [0.1, 0.15) is 0 Å². The Labute approximate surface area is 99.7 Å². The van der Waals surface area contributed by atoms with Crippen LogP contribution in [0.4, 0.5) is 0 Å². The smallest absolute Gasteiger partial charge is 0.160 e. The average Bonchev–Trinajstić information content (AvgIpc) is 2.88. The molecule has 0 spiro atoms. The summed E-state index contributed by atoms with van der Waals surface area (Å²) in [4.78, 5) is 7.40. The normalized spacial score (nSPS) is 30.8. The Morgan fingerprint density at radius 3 is 3.25 bits per heavy atom. The van der Waals surface area contributed by atoms with E-state index in [1.165, 1.54) is 41.4 Å². The number of hydrogen-bond donors (Lipinski definition) is 0. The number of rotatable bonds is 0. The Morgan fingerprint density at radius 2 is 2.25 bits per heavy atom. The molecule has 0 saturated carbocycles. The van der Waals surface area contributed by atoms with Crippen LogP contribution in [0.1, 0.15) is 23.6 Å². The second kappa shape index (κ2) is 3.27. The van der Waals surface area contributed by atoms with Crippen LogP contribution in [-0.4, -0.2) is 28.4 Å². The van der Waals surface area contributed by atoms with Crippen LogP contribution < -0.4 is 0 Å². The van der Waals surface area contributed by atoms with E-state index in [-0.39, 0.29) is 0 Å². The molecule has 1 aromatic rings. The predicted octanol–water partition coefficient (Wildman–Crippen LogP) is 2.46. The van der Waals surface area contributed by atoms with E-state index in [9.17, 15) is 0 Å². The summed E-state index contributed by atoms with van der Waals surface area (Å²) >= 11 is 1.93. The SMILES string of the molecule is c1ccc2c(c1)CC[C@@H]1N=C3SCCN3[C@@H]21. The number of hydrogen-bond acceptors (Lipinski definition) is 3. The van der Waals surface area contributed by atoms with E-state index in [2.05, 4.69) is 29.2 Å². The van der Waals surface area contributed by atoms with Gasteiger partial charge >= 0.3 is 0 Å². The largest absolute Gasteiger partial charge is 0.341 e. The molecule has 2 heterocycles. The van der Waals surface area contributed by atoms with E-state index >= 15 is 0 Å². The minimum absolute atomic E-state index is 0.526. The lowest BCUT2D eigenvalue weighted by molar-refractivity contribution is 0.309. The lowest BCUT2D eigenvalue weighted by Crippen LogP contribution is -2.33. The topological polar surface area (TPSA) is 15.6 Å². The van der Waals surface area contributed by atoms with Gasteiger partial charge in [-0.25, -0.2) is 0 Å². The van der Waals surface area contributed by atoms with Crippen molar-refractivity contribution in [3.8, 4) is 0 Å². The van der Waals surface area contributed by atoms with Gasteiger partial charge in [0.25, 0.3) is 0 Å². The minimum Gasteiger partial charge on any atom is -0.341 e. The summed E-state index contributed by atoms with van der Waals surface area (Å²) in [5.74, 6) is 1.21. The lowest BCUT2D eigenvalue weighted by atomic mass is 9.84. The Kier molecular flexibility index (Phi) is 1.86. The molecule has 1 fully saturated rings. The molecule has 1 aliphatic carbocycles. The average molecular weight is 230 g/mol. The Bertz CT molecular complexity index is 469. The standard InChI is InChI=1S/C13H14N2S/c1-2-4-10-9(3-1)5-6-11-12(10)15-7-8-16-13(15)14-11/h1-4,11-12H,5-8H2/t11-,12-/m0/s1. The molecule has 0 unspecified atom stereocenters. The van der Waals surface area contributed by atoms with Crippen LogP contribution in [0.2, 0.25) is 0 Å². The number of fused-ring (bicyclic) bond motifs is 5. The molecule has 0 N–H and O–H groups in total. The highest BCUT2D eigenvalue weighted by atomic mass is 32.2. The van der Waals surface area contributed by atoms with E-state index in [0.29, 0.717) is 12.1 Å². The third-order valence-electron chi connectivity index (χ3n) is 3.87. The van der Waals surface area contributed by atoms with Gasteiger partial charge in [-0.2, -0.15) is 0 Å². The number of nitrogens with zero attached hydrogens (tertiary/aromatic N) is 2. The Morgan fingerprint density at radius 1 is 1.31 bits per heavy atom. The fraction of sp³-hybridized carbons (Fsp3) is 0.462. The van der Waals surface area contributed by atoms with Gasteiger partial charge in [0.2, 0.25) is 0 Å². The molecule has 3 heteroatoms. The number of amidine groups is 1. The highest BCUT2D eigenvalue weighted by molar-refractivity contribution is 8.14. The quantitative estimate of drug-likeness (QED) is 0.680. The Balaban J connectivity index is 1.83. The van der Waals surface area contributed by atoms with Crippen molar-refractivity contribution in [2.75, 3.05) is 12.3 Å². The zero-order valence-electron chi connectivity index (χ0n) is 9.10. The zero-order chi connectivity index (χ0) is 10.5. The van der Waals surface area contributed by atoms with Crippen LogP contribution in [0.5, 0.6) is 0 Å². The minimum atomic E-state index is 0.526. The summed E-state index contributed by atoms with van der Waals surface area (Å²) in [6.07, 6.45) is 2.43. The molecule has 4 rings (SSSR count). The molecule has 3 aliphatic rings. The van der Waals surface area contributed by atoms with E-state index in [1.807, 2.05) is 11.8 Å². The van der Waals surface area contributed by atoms with Crippen molar-refractivity contribution in [1.82, 2.24) is 4.90 Å². The predicted molar refractivity (Wildman–Crippen MR) is 67.9 cm³/mol. The van der Waals surface area contributed by atoms with Crippen molar-refractivity contribution in [2.24, 2.45) is 4.99 Å². The number of aliphatic imine (C=N–C) groups is 1. The molecular weight excluding hydrogens is 216 g/mol. The number of aryl methyl sites for hydroxylation is 1. The van der Waals surface area contributed by atoms with Crippen molar-refractivity contribution in [3.63, 3.8) is 0 Å². The van der Waals surface area contributed by atoms with Gasteiger partial charge < -0.3 is 4.90 Å². The van der Waals surface area contributed by atoms with E-state index in [4.69, 9.17) is 4.99 Å². The van der Waals surface area contributed by atoms with Crippen molar-refractivity contribution in [1.29, 1.82) is 0 Å². The summed E-state index contributed by atoms with van der Waals surface area (Å²) in [6.45, 7) is 1.18. The van der Waals surface area contributed by atoms with Crippen molar-refractivity contribution in [2.45, 2.75) is 24.9 Å². The zero-order valence-corrected chi connectivity index (χ0v) is 9.91. The number of thioether (sulfide) groups is 1. The fourth-order valence-corrected chi connectivity index (χ4v) is 4.21. The fourth-order valence-electron chi connectivity index (χ4n) is 3.15. The molecule has 0 radical (unpaired) electrons. The van der Waals surface area contributed by atoms with Gasteiger partial charge in [0.05, 0.1) is 12.1 Å². The van der Waals surface area contributed by atoms with Gasteiger partial charge in [-0.3, -0.25) is 4.99 Å². The van der Waals surface area contributed by atoms with Gasteiger partial charge in [-0.05, 0) is 24.0 Å². The highest BCUT2D eigenvalue weighted by Gasteiger charge is 2.42. The molecule has 82 valence electrons. The molecule has 0 bridgehead atoms. The van der Waals surface area contributed by atoms with Gasteiger partial charge in [-0.15, -0.1) is 0 Å². The molecular formula is C13H14N2S. The molecule has 2 aliphatic heterocycles. The maximum absolute atomic E-state index is 4.88. The van der Waals surface area contributed by atoms with Crippen molar-refractivity contribution in [3.05, 3.63) is 35.4 Å². The third-order valence-corrected chi connectivity index (χ3v) is 4.85. The van der Waals surface area contributed by atoms with Crippen molar-refractivity contribution >= 4 is 16.9 Å². The Hall–Kier alpha value is -0.960. The van der Waals surface area contributed by atoms with Gasteiger partial charge in [0.15, 0.2) is 5.17 Å². The first-order valence-corrected chi connectivity index (χ1v) is 6.97. The first-order valence-electron chi connectivity index (χ1n) is 5.98. The van der Waals surface area contributed by atoms with E-state index in [0.717, 1.165) is 0 Å². The molecule has 1 saturated heterocycles. The summed E-state index contributed by atoms with van der Waals surface area (Å²) in [7, 11) is 0.